The molecule has 1 aromatic carbocycles. The first kappa shape index (κ1) is 15.5. The third-order valence-electron chi connectivity index (χ3n) is 3.13. The Balaban J connectivity index is 1.90. The van der Waals surface area contributed by atoms with Crippen molar-refractivity contribution in [2.24, 2.45) is 0 Å². The van der Waals surface area contributed by atoms with Crippen LogP contribution in [0, 0.1) is 13.8 Å². The molecule has 0 saturated heterocycles. The molecule has 2 rings (SSSR count). The maximum absolute atomic E-state index is 12.1. The van der Waals surface area contributed by atoms with E-state index in [2.05, 4.69) is 0 Å². The summed E-state index contributed by atoms with van der Waals surface area (Å²) in [5.41, 5.74) is 7.77. The number of aryl methyl sites for hydroxylation is 2. The van der Waals surface area contributed by atoms with Gasteiger partial charge in [-0.3, -0.25) is 4.79 Å². The summed E-state index contributed by atoms with van der Waals surface area (Å²) in [6.07, 6.45) is 0. The van der Waals surface area contributed by atoms with Gasteiger partial charge in [-0.05, 0) is 43.7 Å². The van der Waals surface area contributed by atoms with Crippen LogP contribution in [-0.4, -0.2) is 23.6 Å². The lowest BCUT2D eigenvalue weighted by atomic mass is 10.2. The van der Waals surface area contributed by atoms with Gasteiger partial charge in [-0.25, -0.2) is 0 Å². The largest absolute Gasteiger partial charge is 0.464 e. The first-order valence-electron chi connectivity index (χ1n) is 6.74. The van der Waals surface area contributed by atoms with Gasteiger partial charge in [0.15, 0.2) is 0 Å². The molecule has 0 fully saturated rings. The van der Waals surface area contributed by atoms with E-state index in [1.807, 2.05) is 44.2 Å². The van der Waals surface area contributed by atoms with E-state index in [0.717, 1.165) is 22.0 Å². The number of nitrogens with two attached hydrogens (primary N) is 1. The number of furan rings is 1. The van der Waals surface area contributed by atoms with E-state index in [9.17, 15) is 4.79 Å². The predicted octanol–water partition coefficient (Wildman–Crippen LogP) is 3.23. The van der Waals surface area contributed by atoms with Gasteiger partial charge >= 0.3 is 0 Å². The summed E-state index contributed by atoms with van der Waals surface area (Å²) in [6, 6.07) is 9.63. The maximum atomic E-state index is 12.1. The zero-order valence-corrected chi connectivity index (χ0v) is 13.4. The molecule has 0 unspecified atom stereocenters. The number of benzene rings is 1. The summed E-state index contributed by atoms with van der Waals surface area (Å²) >= 11 is 1.47. The van der Waals surface area contributed by atoms with E-state index in [-0.39, 0.29) is 5.91 Å². The van der Waals surface area contributed by atoms with E-state index in [0.29, 0.717) is 18.0 Å². The predicted molar refractivity (Wildman–Crippen MR) is 86.2 cm³/mol. The molecule has 0 aliphatic carbocycles. The van der Waals surface area contributed by atoms with Crippen molar-refractivity contribution in [2.45, 2.75) is 25.3 Å². The minimum absolute atomic E-state index is 0.0509. The number of amides is 1. The minimum Gasteiger partial charge on any atom is -0.464 e. The van der Waals surface area contributed by atoms with Crippen LogP contribution < -0.4 is 5.73 Å². The second-order valence-electron chi connectivity index (χ2n) is 5.09. The second kappa shape index (κ2) is 6.72. The Hall–Kier alpha value is -1.88. The average Bonchev–Trinajstić information content (AvgIpc) is 2.84. The summed E-state index contributed by atoms with van der Waals surface area (Å²) in [6.45, 7) is 4.38. The second-order valence-corrected chi connectivity index (χ2v) is 6.11. The highest BCUT2D eigenvalue weighted by molar-refractivity contribution is 8.00. The first-order chi connectivity index (χ1) is 9.95. The molecule has 0 aliphatic rings. The van der Waals surface area contributed by atoms with Crippen LogP contribution in [0.3, 0.4) is 0 Å². The number of hydrogen-bond acceptors (Lipinski definition) is 4. The van der Waals surface area contributed by atoms with Crippen molar-refractivity contribution < 1.29 is 9.21 Å². The molecule has 112 valence electrons. The smallest absolute Gasteiger partial charge is 0.233 e. The van der Waals surface area contributed by atoms with Crippen molar-refractivity contribution in [3.63, 3.8) is 0 Å². The average molecular weight is 304 g/mol. The standard InChI is InChI=1S/C16H20N2O2S/c1-11-4-7-14(17)15(8-11)21-10-16(19)18(3)9-13-6-5-12(2)20-13/h4-8H,9-10,17H2,1-3H3. The molecule has 2 aromatic rings. The van der Waals surface area contributed by atoms with Crippen LogP contribution in [0.1, 0.15) is 17.1 Å². The fourth-order valence-corrected chi connectivity index (χ4v) is 2.91. The SMILES string of the molecule is Cc1ccc(N)c(SCC(=O)N(C)Cc2ccc(C)o2)c1. The molecule has 1 heterocycles. The van der Waals surface area contributed by atoms with Crippen molar-refractivity contribution in [3.8, 4) is 0 Å². The Bertz CT molecular complexity index is 637. The summed E-state index contributed by atoms with van der Waals surface area (Å²) < 4.78 is 5.48. The van der Waals surface area contributed by atoms with E-state index in [4.69, 9.17) is 10.2 Å². The van der Waals surface area contributed by atoms with Gasteiger partial charge in [0.05, 0.1) is 12.3 Å². The highest BCUT2D eigenvalue weighted by Gasteiger charge is 2.12. The molecule has 1 amide bonds. The zero-order chi connectivity index (χ0) is 15.4. The fraction of sp³-hybridized carbons (Fsp3) is 0.312. The van der Waals surface area contributed by atoms with Crippen molar-refractivity contribution in [1.82, 2.24) is 4.90 Å². The molecule has 0 bridgehead atoms. The molecule has 0 aliphatic heterocycles. The number of nitrogen functional groups attached to an aromatic ring is 1. The molecule has 2 N–H and O–H groups in total. The van der Waals surface area contributed by atoms with E-state index < -0.39 is 0 Å². The molecule has 0 saturated carbocycles. The summed E-state index contributed by atoms with van der Waals surface area (Å²) in [4.78, 5) is 14.8. The van der Waals surface area contributed by atoms with E-state index >= 15 is 0 Å². The lowest BCUT2D eigenvalue weighted by Crippen LogP contribution is -2.27. The monoisotopic (exact) mass is 304 g/mol. The van der Waals surface area contributed by atoms with Gasteiger partial charge in [0.25, 0.3) is 0 Å². The van der Waals surface area contributed by atoms with Crippen LogP contribution in [-0.2, 0) is 11.3 Å². The van der Waals surface area contributed by atoms with Gasteiger partial charge in [0, 0.05) is 17.6 Å². The summed E-state index contributed by atoms with van der Waals surface area (Å²) in [7, 11) is 1.78. The molecule has 21 heavy (non-hydrogen) atoms. The van der Waals surface area contributed by atoms with E-state index in [1.165, 1.54) is 11.8 Å². The molecule has 0 atom stereocenters. The van der Waals surface area contributed by atoms with Crippen LogP contribution in [0.5, 0.6) is 0 Å². The van der Waals surface area contributed by atoms with E-state index in [1.54, 1.807) is 11.9 Å². The quantitative estimate of drug-likeness (QED) is 0.680. The number of thioether (sulfide) groups is 1. The van der Waals surface area contributed by atoms with Crippen molar-refractivity contribution in [3.05, 3.63) is 47.4 Å². The third kappa shape index (κ3) is 4.29. The Morgan fingerprint density at radius 3 is 2.71 bits per heavy atom. The summed E-state index contributed by atoms with van der Waals surface area (Å²) in [5.74, 6) is 2.07. The molecule has 1 aromatic heterocycles. The number of carbonyl (C=O) groups is 1. The molecular formula is C16H20N2O2S. The van der Waals surface area contributed by atoms with Crippen molar-refractivity contribution in [2.75, 3.05) is 18.5 Å². The molecular weight excluding hydrogens is 284 g/mol. The van der Waals surface area contributed by atoms with Crippen molar-refractivity contribution >= 4 is 23.4 Å². The van der Waals surface area contributed by atoms with Gasteiger partial charge in [-0.15, -0.1) is 11.8 Å². The Labute approximate surface area is 129 Å². The number of rotatable bonds is 5. The topological polar surface area (TPSA) is 59.5 Å². The minimum atomic E-state index is 0.0509. The fourth-order valence-electron chi connectivity index (χ4n) is 1.91. The molecule has 5 heteroatoms. The zero-order valence-electron chi connectivity index (χ0n) is 12.6. The number of hydrogen-bond donors (Lipinski definition) is 1. The summed E-state index contributed by atoms with van der Waals surface area (Å²) in [5, 5.41) is 0. The number of carbonyl (C=O) groups excluding carboxylic acids is 1. The van der Waals surface area contributed by atoms with Gasteiger partial charge < -0.3 is 15.1 Å². The Kier molecular flexibility index (Phi) is 4.96. The highest BCUT2D eigenvalue weighted by atomic mass is 32.2. The maximum Gasteiger partial charge on any atom is 0.233 e. The lowest BCUT2D eigenvalue weighted by molar-refractivity contribution is -0.127. The molecule has 0 spiro atoms. The first-order valence-corrected chi connectivity index (χ1v) is 7.72. The Morgan fingerprint density at radius 1 is 1.29 bits per heavy atom. The van der Waals surface area contributed by atoms with Gasteiger partial charge in [-0.1, -0.05) is 6.07 Å². The number of nitrogens with zero attached hydrogens (tertiary/aromatic N) is 1. The van der Waals surface area contributed by atoms with Crippen LogP contribution in [0.15, 0.2) is 39.6 Å². The van der Waals surface area contributed by atoms with Gasteiger partial charge in [0.2, 0.25) is 5.91 Å². The lowest BCUT2D eigenvalue weighted by Gasteiger charge is -2.16. The van der Waals surface area contributed by atoms with Crippen LogP contribution in [0.25, 0.3) is 0 Å². The van der Waals surface area contributed by atoms with Crippen LogP contribution >= 0.6 is 11.8 Å². The third-order valence-corrected chi connectivity index (χ3v) is 4.19. The normalized spacial score (nSPS) is 10.6. The van der Waals surface area contributed by atoms with Crippen molar-refractivity contribution in [1.29, 1.82) is 0 Å². The number of anilines is 1. The van der Waals surface area contributed by atoms with Gasteiger partial charge in [-0.2, -0.15) is 0 Å². The van der Waals surface area contributed by atoms with Crippen LogP contribution in [0.4, 0.5) is 5.69 Å². The Morgan fingerprint density at radius 2 is 2.05 bits per heavy atom. The highest BCUT2D eigenvalue weighted by Crippen LogP contribution is 2.26. The van der Waals surface area contributed by atoms with Crippen LogP contribution in [0.2, 0.25) is 0 Å². The van der Waals surface area contributed by atoms with Gasteiger partial charge in [0.1, 0.15) is 11.5 Å². The molecule has 4 nitrogen and oxygen atoms in total. The molecule has 0 radical (unpaired) electrons.